The minimum absolute atomic E-state index is 0.00888. The maximum Gasteiger partial charge on any atom is 0.127 e. The first-order chi connectivity index (χ1) is 23.1. The predicted octanol–water partition coefficient (Wildman–Crippen LogP) is 9.35. The van der Waals surface area contributed by atoms with E-state index < -0.39 is 0 Å². The maximum absolute atomic E-state index is 11.1. The fourth-order valence-electron chi connectivity index (χ4n) is 6.02. The minimum Gasteiger partial charge on any atom is -0.872 e. The summed E-state index contributed by atoms with van der Waals surface area (Å²) in [6.45, 7) is 12.5. The van der Waals surface area contributed by atoms with E-state index in [1.54, 1.807) is 12.1 Å². The average molecular weight is 748 g/mol. The van der Waals surface area contributed by atoms with Crippen molar-refractivity contribution in [3.05, 3.63) is 111 Å². The minimum atomic E-state index is -0.220. The molecule has 1 aliphatic carbocycles. The molecule has 6 rings (SSSR count). The summed E-state index contributed by atoms with van der Waals surface area (Å²) in [5.74, 6) is 2.01. The van der Waals surface area contributed by atoms with Crippen LogP contribution in [0.2, 0.25) is 10.0 Å². The molecule has 0 spiro atoms. The van der Waals surface area contributed by atoms with Gasteiger partial charge >= 0.3 is 226 Å². The van der Waals surface area contributed by atoms with Gasteiger partial charge in [-0.25, -0.2) is 0 Å². The van der Waals surface area contributed by atoms with Gasteiger partial charge in [-0.15, -0.1) is 5.75 Å². The van der Waals surface area contributed by atoms with E-state index in [2.05, 4.69) is 48.8 Å². The molecule has 6 nitrogen and oxygen atoms in total. The van der Waals surface area contributed by atoms with Gasteiger partial charge in [0, 0.05) is 0 Å². The molecular formula is C40H45Cl2CoN2O4+. The van der Waals surface area contributed by atoms with Gasteiger partial charge in [-0.3, -0.25) is 0 Å². The summed E-state index contributed by atoms with van der Waals surface area (Å²) in [4.78, 5) is 0. The fourth-order valence-corrected chi connectivity index (χ4v) is 8.10. The van der Waals surface area contributed by atoms with Crippen LogP contribution in [0.1, 0.15) is 89.5 Å². The second kappa shape index (κ2) is 15.2. The van der Waals surface area contributed by atoms with Crippen LogP contribution in [0.15, 0.2) is 78.9 Å². The normalized spacial score (nSPS) is 19.5. The number of halogens is 2. The van der Waals surface area contributed by atoms with Gasteiger partial charge in [-0.2, -0.15) is 0 Å². The van der Waals surface area contributed by atoms with Gasteiger partial charge in [0.1, 0.15) is 11.5 Å². The topological polar surface area (TPSA) is 78.8 Å². The second-order valence-electron chi connectivity index (χ2n) is 14.6. The van der Waals surface area contributed by atoms with Crippen molar-refractivity contribution in [3.63, 3.8) is 0 Å². The van der Waals surface area contributed by atoms with Gasteiger partial charge in [0.2, 0.25) is 0 Å². The summed E-state index contributed by atoms with van der Waals surface area (Å²) in [7, 11) is 0. The number of fused-ring (bicyclic) bond motifs is 1. The van der Waals surface area contributed by atoms with Crippen molar-refractivity contribution in [2.45, 2.75) is 90.1 Å². The molecule has 2 N–H and O–H groups in total. The van der Waals surface area contributed by atoms with Crippen LogP contribution in [0, 0.1) is 0 Å². The molecule has 9 heteroatoms. The van der Waals surface area contributed by atoms with Crippen molar-refractivity contribution >= 4 is 35.6 Å². The van der Waals surface area contributed by atoms with Crippen LogP contribution in [0.5, 0.6) is 28.7 Å². The molecule has 2 unspecified atom stereocenters. The van der Waals surface area contributed by atoms with Crippen LogP contribution in [0.25, 0.3) is 0 Å². The Morgan fingerprint density at radius 1 is 0.694 bits per heavy atom. The third-order valence-electron chi connectivity index (χ3n) is 8.59. The van der Waals surface area contributed by atoms with E-state index in [1.807, 2.05) is 67.0 Å². The Morgan fingerprint density at radius 2 is 1.12 bits per heavy atom. The molecule has 2 fully saturated rings. The van der Waals surface area contributed by atoms with Gasteiger partial charge in [0.25, 0.3) is 0 Å². The molecule has 1 saturated heterocycles. The summed E-state index contributed by atoms with van der Waals surface area (Å²) in [5, 5.41) is 34.2. The summed E-state index contributed by atoms with van der Waals surface area (Å²) in [6.07, 6.45) is 8.62. The third kappa shape index (κ3) is 9.20. The third-order valence-corrected chi connectivity index (χ3v) is 10.5. The molecule has 0 aromatic heterocycles. The summed E-state index contributed by atoms with van der Waals surface area (Å²) in [5.41, 5.74) is 2.72. The molecule has 0 radical (unpaired) electrons. The number of phenols is 2. The summed E-state index contributed by atoms with van der Waals surface area (Å²) in [6, 6.07) is 23.8. The molecule has 1 heterocycles. The molecule has 49 heavy (non-hydrogen) atoms. The first-order valence-corrected chi connectivity index (χ1v) is 18.2. The van der Waals surface area contributed by atoms with E-state index in [-0.39, 0.29) is 28.1 Å². The van der Waals surface area contributed by atoms with E-state index in [9.17, 15) is 15.3 Å². The Labute approximate surface area is 306 Å². The van der Waals surface area contributed by atoms with Crippen molar-refractivity contribution in [1.29, 1.82) is 0 Å². The number of ether oxygens (including phenoxy) is 1. The monoisotopic (exact) mass is 746 g/mol. The Hall–Kier alpha value is -3.49. The molecule has 1 saturated carbocycles. The zero-order valence-electron chi connectivity index (χ0n) is 28.8. The van der Waals surface area contributed by atoms with Crippen LogP contribution in [-0.4, -0.2) is 42.0 Å². The van der Waals surface area contributed by atoms with E-state index in [0.717, 1.165) is 56.0 Å². The summed E-state index contributed by atoms with van der Waals surface area (Å²) < 4.78 is 10.1. The van der Waals surface area contributed by atoms with Crippen molar-refractivity contribution in [2.75, 3.05) is 0 Å². The number of aromatic hydroxyl groups is 2. The van der Waals surface area contributed by atoms with E-state index in [0.29, 0.717) is 27.9 Å². The Bertz CT molecular complexity index is 1750. The molecule has 4 aromatic rings. The number of para-hydroxylation sites is 1. The molecule has 1 aliphatic heterocycles. The molecule has 2 atom stereocenters. The van der Waals surface area contributed by atoms with E-state index >= 15 is 0 Å². The van der Waals surface area contributed by atoms with Crippen LogP contribution >= 0.6 is 23.2 Å². The number of hydrogen-bond donors (Lipinski definition) is 2. The van der Waals surface area contributed by atoms with E-state index in [4.69, 9.17) is 27.9 Å². The summed E-state index contributed by atoms with van der Waals surface area (Å²) >= 11 is 13.9. The number of nitrogens with zero attached hydrogens (tertiary/aromatic N) is 2. The van der Waals surface area contributed by atoms with Gasteiger partial charge in [-0.05, 0) is 24.3 Å². The zero-order chi connectivity index (χ0) is 35.5. The van der Waals surface area contributed by atoms with Crippen LogP contribution in [0.3, 0.4) is 0 Å². The first kappa shape index (κ1) is 36.8. The van der Waals surface area contributed by atoms with Gasteiger partial charge < -0.3 is 9.84 Å². The number of hydrogen-bond acceptors (Lipinski definition) is 4. The van der Waals surface area contributed by atoms with Crippen LogP contribution in [-0.2, 0) is 26.0 Å². The quantitative estimate of drug-likeness (QED) is 0.218. The van der Waals surface area contributed by atoms with Crippen LogP contribution in [0.4, 0.5) is 0 Å². The van der Waals surface area contributed by atoms with Gasteiger partial charge in [0.15, 0.2) is 0 Å². The zero-order valence-corrected chi connectivity index (χ0v) is 31.4. The predicted molar refractivity (Wildman–Crippen MR) is 193 cm³/mol. The first-order valence-electron chi connectivity index (χ1n) is 16.5. The molecule has 0 amide bonds. The molecular weight excluding hydrogens is 702 g/mol. The molecule has 4 aromatic carbocycles. The van der Waals surface area contributed by atoms with Crippen molar-refractivity contribution in [1.82, 2.24) is 0 Å². The van der Waals surface area contributed by atoms with Gasteiger partial charge in [0.05, 0.1) is 0 Å². The number of phenolic OH excluding ortho intramolecular Hbond substituents is 2. The Balaban J connectivity index is 0.000000278. The molecule has 2 aliphatic rings. The SMILES string of the molecule is CC(C)(C)c1cc(Cl)cc(C=[N+]2[Co][N+](=Cc3cc(Cl)cc(C(C)(C)C)c3O)C3CCCCC32)c1O.[O-]c1ccc(Oc2ccccc2)cc1. The largest absolute Gasteiger partial charge is 0.872 e. The number of rotatable bonds is 4. The fraction of sp³-hybridized carbons (Fsp3) is 0.350. The Kier molecular flexibility index (Phi) is 11.4. The Morgan fingerprint density at radius 3 is 1.55 bits per heavy atom. The van der Waals surface area contributed by atoms with E-state index in [1.165, 1.54) is 25.0 Å². The maximum atomic E-state index is 11.1. The smallest absolute Gasteiger partial charge is 0.127 e. The average Bonchev–Trinajstić information content (AvgIpc) is 3.38. The van der Waals surface area contributed by atoms with Crippen molar-refractivity contribution in [3.8, 4) is 28.7 Å². The molecule has 0 bridgehead atoms. The standard InChI is InChI=1S/C28H36Cl2N2O2.C12H10O2.Co/c1-27(2,3)21-13-19(29)11-17(25(21)33)15-31-23-9-7-8-10-24(23)32-16-18-12-20(30)14-22(26(18)34)28(4,5)6;13-10-6-8-12(9-7-10)14-11-4-2-1-3-5-11;/h11-16,23-24,33-34H,7-10H2,1-6H3;1-9,13H;/q;;+2/p-1. The second-order valence-corrected chi connectivity index (χ2v) is 16.7. The number of benzene rings is 4. The van der Waals surface area contributed by atoms with Gasteiger partial charge in [-0.1, -0.05) is 30.3 Å². The van der Waals surface area contributed by atoms with Crippen molar-refractivity contribution in [2.24, 2.45) is 0 Å². The van der Waals surface area contributed by atoms with Crippen LogP contribution < -0.4 is 9.84 Å². The molecule has 261 valence electrons. The van der Waals surface area contributed by atoms with Crippen molar-refractivity contribution < 1.29 is 42.4 Å².